The van der Waals surface area contributed by atoms with E-state index in [9.17, 15) is 21.2 Å². The van der Waals surface area contributed by atoms with Gasteiger partial charge in [0.05, 0.1) is 15.8 Å². The van der Waals surface area contributed by atoms with Gasteiger partial charge in [0, 0.05) is 0 Å². The number of benzene rings is 3. The van der Waals surface area contributed by atoms with Gasteiger partial charge in [0.15, 0.2) is 0 Å². The van der Waals surface area contributed by atoms with Crippen molar-refractivity contribution in [1.29, 1.82) is 0 Å². The lowest BCUT2D eigenvalue weighted by atomic mass is 10.0. The molecule has 2 atom stereocenters. The normalized spacial score (nSPS) is 14.4. The van der Waals surface area contributed by atoms with Crippen molar-refractivity contribution in [3.05, 3.63) is 96.6 Å². The summed E-state index contributed by atoms with van der Waals surface area (Å²) in [4.78, 5) is -0.470. The summed E-state index contributed by atoms with van der Waals surface area (Å²) < 4.78 is 68.9. The molecule has 3 aromatic carbocycles. The van der Waals surface area contributed by atoms with Gasteiger partial charge in [-0.1, -0.05) is 70.4 Å². The van der Waals surface area contributed by atoms with E-state index in [-0.39, 0.29) is 15.4 Å². The first-order valence-electron chi connectivity index (χ1n) is 8.85. The fourth-order valence-corrected chi connectivity index (χ4v) is 7.17. The summed E-state index contributed by atoms with van der Waals surface area (Å²) >= 11 is 0. The maximum Gasteiger partial charge on any atom is 0.257 e. The molecule has 2 unspecified atom stereocenters. The third-order valence-corrected chi connectivity index (χ3v) is 8.67. The van der Waals surface area contributed by atoms with Gasteiger partial charge >= 0.3 is 0 Å². The highest BCUT2D eigenvalue weighted by Gasteiger charge is 2.45. The second kappa shape index (κ2) is 8.44. The predicted molar refractivity (Wildman–Crippen MR) is 109 cm³/mol. The van der Waals surface area contributed by atoms with Crippen molar-refractivity contribution in [3.63, 3.8) is 0 Å². The van der Waals surface area contributed by atoms with Crippen LogP contribution in [0.4, 0.5) is 4.39 Å². The van der Waals surface area contributed by atoms with E-state index in [0.29, 0.717) is 3.71 Å². The molecule has 0 aliphatic heterocycles. The second-order valence-corrected chi connectivity index (χ2v) is 10.3. The largest absolute Gasteiger partial charge is 0.257 e. The topological polar surface area (TPSA) is 71.5 Å². The highest BCUT2D eigenvalue weighted by Crippen LogP contribution is 2.37. The van der Waals surface area contributed by atoms with Gasteiger partial charge in [-0.3, -0.25) is 0 Å². The molecule has 8 heteroatoms. The Kier molecular flexibility index (Phi) is 6.16. The minimum absolute atomic E-state index is 0.235. The molecule has 0 heterocycles. The van der Waals surface area contributed by atoms with Crippen LogP contribution in [0.5, 0.6) is 0 Å². The Hall–Kier alpha value is -2.55. The quantitative estimate of drug-likeness (QED) is 0.561. The zero-order chi connectivity index (χ0) is 21.1. The molecule has 0 aliphatic carbocycles. The smallest absolute Gasteiger partial charge is 0.246 e. The van der Waals surface area contributed by atoms with Crippen LogP contribution in [0.25, 0.3) is 0 Å². The molecule has 0 bridgehead atoms. The molecule has 0 saturated carbocycles. The van der Waals surface area contributed by atoms with Gasteiger partial charge in [-0.2, -0.15) is 0 Å². The van der Waals surface area contributed by atoms with Crippen LogP contribution in [-0.2, 0) is 20.0 Å². The van der Waals surface area contributed by atoms with E-state index in [4.69, 9.17) is 0 Å². The van der Waals surface area contributed by atoms with Gasteiger partial charge in [0.25, 0.3) is 20.0 Å². The summed E-state index contributed by atoms with van der Waals surface area (Å²) in [5.41, 5.74) is 0.238. The van der Waals surface area contributed by atoms with Crippen LogP contribution in [0.2, 0.25) is 0 Å². The number of halogens is 1. The molecule has 3 rings (SSSR count). The fourth-order valence-electron chi connectivity index (χ4n) is 3.03. The third-order valence-electron chi connectivity index (χ3n) is 4.36. The Labute approximate surface area is 170 Å². The van der Waals surface area contributed by atoms with Gasteiger partial charge in [0.1, 0.15) is 6.17 Å². The Balaban J connectivity index is 2.30. The number of rotatable bonds is 7. The van der Waals surface area contributed by atoms with E-state index in [0.717, 1.165) is 6.92 Å². The molecule has 152 valence electrons. The predicted octanol–water partition coefficient (Wildman–Crippen LogP) is 4.17. The van der Waals surface area contributed by atoms with Crippen LogP contribution in [0.1, 0.15) is 18.5 Å². The molecule has 5 nitrogen and oxygen atoms in total. The fraction of sp³-hybridized carbons (Fsp3) is 0.143. The molecule has 0 aliphatic rings. The summed E-state index contributed by atoms with van der Waals surface area (Å²) in [7, 11) is -9.19. The number of hydrogen-bond acceptors (Lipinski definition) is 4. The van der Waals surface area contributed by atoms with Crippen LogP contribution >= 0.6 is 0 Å². The van der Waals surface area contributed by atoms with Crippen LogP contribution in [0.3, 0.4) is 0 Å². The zero-order valence-corrected chi connectivity index (χ0v) is 17.2. The van der Waals surface area contributed by atoms with E-state index in [1.54, 1.807) is 30.3 Å². The van der Waals surface area contributed by atoms with E-state index >= 15 is 0 Å². The van der Waals surface area contributed by atoms with Gasteiger partial charge in [-0.15, -0.1) is 0 Å². The molecule has 0 saturated heterocycles. The maximum absolute atomic E-state index is 14.8. The average molecular weight is 434 g/mol. The number of nitrogens with zero attached hydrogens (tertiary/aromatic N) is 1. The zero-order valence-electron chi connectivity index (χ0n) is 15.6. The molecule has 29 heavy (non-hydrogen) atoms. The Morgan fingerprint density at radius 1 is 0.655 bits per heavy atom. The molecular weight excluding hydrogens is 413 g/mol. The first-order chi connectivity index (χ1) is 13.8. The Bertz CT molecular complexity index is 1080. The van der Waals surface area contributed by atoms with Crippen LogP contribution in [-0.4, -0.2) is 26.7 Å². The lowest BCUT2D eigenvalue weighted by Gasteiger charge is -2.31. The van der Waals surface area contributed by atoms with Crippen molar-refractivity contribution in [2.24, 2.45) is 0 Å². The van der Waals surface area contributed by atoms with Gasteiger partial charge in [-0.05, 0) is 36.8 Å². The lowest BCUT2D eigenvalue weighted by molar-refractivity contribution is 0.245. The first kappa shape index (κ1) is 21.2. The van der Waals surface area contributed by atoms with Crippen LogP contribution in [0.15, 0.2) is 101 Å². The second-order valence-electron chi connectivity index (χ2n) is 6.39. The van der Waals surface area contributed by atoms with Crippen molar-refractivity contribution in [1.82, 2.24) is 3.71 Å². The molecule has 0 aromatic heterocycles. The molecule has 0 N–H and O–H groups in total. The lowest BCUT2D eigenvalue weighted by Crippen LogP contribution is -2.43. The highest BCUT2D eigenvalue weighted by molar-refractivity contribution is 8.04. The van der Waals surface area contributed by atoms with Crippen molar-refractivity contribution >= 4 is 20.0 Å². The van der Waals surface area contributed by atoms with Gasteiger partial charge in [-0.25, -0.2) is 21.2 Å². The van der Waals surface area contributed by atoms with Crippen molar-refractivity contribution in [2.75, 3.05) is 0 Å². The molecule has 3 aromatic rings. The summed E-state index contributed by atoms with van der Waals surface area (Å²) in [5, 5.41) is 0. The third kappa shape index (κ3) is 4.24. The maximum atomic E-state index is 14.8. The van der Waals surface area contributed by atoms with E-state index in [1.165, 1.54) is 60.7 Å². The molecular formula is C21H20FNO4S2. The molecule has 0 amide bonds. The monoisotopic (exact) mass is 433 g/mol. The van der Waals surface area contributed by atoms with Crippen LogP contribution in [0, 0.1) is 0 Å². The Morgan fingerprint density at radius 2 is 1.00 bits per heavy atom. The van der Waals surface area contributed by atoms with Gasteiger partial charge in [0.2, 0.25) is 0 Å². The van der Waals surface area contributed by atoms with Gasteiger partial charge < -0.3 is 0 Å². The molecule has 0 fully saturated rings. The molecule has 0 radical (unpaired) electrons. The van der Waals surface area contributed by atoms with Crippen LogP contribution < -0.4 is 0 Å². The molecule has 0 spiro atoms. The summed E-state index contributed by atoms with van der Waals surface area (Å²) in [6.45, 7) is 1.14. The van der Waals surface area contributed by atoms with Crippen molar-refractivity contribution < 1.29 is 21.2 Å². The number of hydrogen-bond donors (Lipinski definition) is 0. The highest BCUT2D eigenvalue weighted by atomic mass is 32.3. The summed E-state index contributed by atoms with van der Waals surface area (Å²) in [6, 6.07) is 20.6. The average Bonchev–Trinajstić information content (AvgIpc) is 2.73. The standard InChI is InChI=1S/C21H20FNO4S2/c1-17(22)21(18-11-5-2-6-12-18)23(28(24,25)19-13-7-3-8-14-19)29(26,27)20-15-9-4-10-16-20/h2-17,21H,1H3. The Morgan fingerprint density at radius 3 is 1.34 bits per heavy atom. The van der Waals surface area contributed by atoms with E-state index in [2.05, 4.69) is 0 Å². The minimum Gasteiger partial charge on any atom is -0.246 e. The first-order valence-corrected chi connectivity index (χ1v) is 11.7. The summed E-state index contributed by atoms with van der Waals surface area (Å²) in [5.74, 6) is 0. The summed E-state index contributed by atoms with van der Waals surface area (Å²) in [6.07, 6.45) is -1.80. The number of sulfonamides is 2. The SMILES string of the molecule is CC(F)C(c1ccccc1)N(S(=O)(=O)c1ccccc1)S(=O)(=O)c1ccccc1. The minimum atomic E-state index is -4.59. The van der Waals surface area contributed by atoms with Crippen molar-refractivity contribution in [3.8, 4) is 0 Å². The number of alkyl halides is 1. The van der Waals surface area contributed by atoms with E-state index in [1.807, 2.05) is 0 Å². The van der Waals surface area contributed by atoms with Crippen molar-refractivity contribution in [2.45, 2.75) is 28.9 Å². The van der Waals surface area contributed by atoms with E-state index < -0.39 is 32.3 Å².